The zero-order valence-corrected chi connectivity index (χ0v) is 12.1. The molecule has 2 rings (SSSR count). The topological polar surface area (TPSA) is 44.0 Å². The number of hydrogen-bond donors (Lipinski definition) is 1. The van der Waals surface area contributed by atoms with Gasteiger partial charge in [-0.2, -0.15) is 5.26 Å². The molecular formula is C18H19NO. The average Bonchev–Trinajstić information content (AvgIpc) is 2.43. The van der Waals surface area contributed by atoms with Gasteiger partial charge >= 0.3 is 0 Å². The second-order valence-corrected chi connectivity index (χ2v) is 5.56. The summed E-state index contributed by atoms with van der Waals surface area (Å²) in [5.74, 6) is 0. The third-order valence-electron chi connectivity index (χ3n) is 3.73. The number of aliphatic hydroxyl groups is 1. The van der Waals surface area contributed by atoms with Crippen LogP contribution < -0.4 is 0 Å². The van der Waals surface area contributed by atoms with E-state index in [1.165, 1.54) is 11.1 Å². The maximum Gasteiger partial charge on any atom is 0.0991 e. The lowest BCUT2D eigenvalue weighted by atomic mass is 9.87. The predicted molar refractivity (Wildman–Crippen MR) is 80.3 cm³/mol. The minimum atomic E-state index is -0.978. The van der Waals surface area contributed by atoms with E-state index >= 15 is 0 Å². The summed E-state index contributed by atoms with van der Waals surface area (Å²) in [4.78, 5) is 0. The Morgan fingerprint density at radius 1 is 1.10 bits per heavy atom. The molecule has 2 nitrogen and oxygen atoms in total. The van der Waals surface area contributed by atoms with Crippen molar-refractivity contribution in [2.24, 2.45) is 0 Å². The zero-order valence-electron chi connectivity index (χ0n) is 12.1. The molecule has 0 spiro atoms. The molecule has 0 aromatic heterocycles. The summed E-state index contributed by atoms with van der Waals surface area (Å²) >= 11 is 0. The fourth-order valence-corrected chi connectivity index (χ4v) is 2.34. The molecule has 1 unspecified atom stereocenters. The van der Waals surface area contributed by atoms with Gasteiger partial charge in [-0.25, -0.2) is 0 Å². The van der Waals surface area contributed by atoms with Crippen molar-refractivity contribution in [2.45, 2.75) is 32.8 Å². The van der Waals surface area contributed by atoms with Crippen LogP contribution in [0.2, 0.25) is 0 Å². The fraction of sp³-hybridized carbons (Fsp3) is 0.278. The van der Waals surface area contributed by atoms with Gasteiger partial charge in [0.25, 0.3) is 0 Å². The zero-order chi connectivity index (χ0) is 14.8. The van der Waals surface area contributed by atoms with E-state index in [9.17, 15) is 5.11 Å². The molecule has 20 heavy (non-hydrogen) atoms. The first-order chi connectivity index (χ1) is 9.42. The Kier molecular flexibility index (Phi) is 3.92. The van der Waals surface area contributed by atoms with Gasteiger partial charge in [0.1, 0.15) is 0 Å². The van der Waals surface area contributed by atoms with Crippen LogP contribution in [0.5, 0.6) is 0 Å². The van der Waals surface area contributed by atoms with Gasteiger partial charge in [-0.1, -0.05) is 30.3 Å². The van der Waals surface area contributed by atoms with Crippen molar-refractivity contribution < 1.29 is 5.11 Å². The lowest BCUT2D eigenvalue weighted by molar-refractivity contribution is 0.0576. The Labute approximate surface area is 120 Å². The molecule has 1 atom stereocenters. The number of rotatable bonds is 3. The molecule has 0 saturated heterocycles. The lowest BCUT2D eigenvalue weighted by Gasteiger charge is -2.24. The average molecular weight is 265 g/mol. The van der Waals surface area contributed by atoms with Gasteiger partial charge < -0.3 is 5.11 Å². The van der Waals surface area contributed by atoms with Crippen LogP contribution in [0.15, 0.2) is 42.5 Å². The molecule has 0 amide bonds. The predicted octanol–water partition coefficient (Wildman–Crippen LogP) is 3.63. The van der Waals surface area contributed by atoms with Crippen LogP contribution in [0, 0.1) is 25.2 Å². The first kappa shape index (κ1) is 14.3. The molecular weight excluding hydrogens is 246 g/mol. The van der Waals surface area contributed by atoms with Crippen LogP contribution in [-0.4, -0.2) is 5.11 Å². The van der Waals surface area contributed by atoms with Crippen LogP contribution in [0.25, 0.3) is 0 Å². The summed E-state index contributed by atoms with van der Waals surface area (Å²) in [6, 6.07) is 15.5. The van der Waals surface area contributed by atoms with Gasteiger partial charge in [-0.15, -0.1) is 0 Å². The molecule has 2 heteroatoms. The van der Waals surface area contributed by atoms with Crippen molar-refractivity contribution in [2.75, 3.05) is 0 Å². The highest BCUT2D eigenvalue weighted by molar-refractivity contribution is 5.37. The van der Waals surface area contributed by atoms with E-state index in [1.54, 1.807) is 19.1 Å². The Morgan fingerprint density at radius 3 is 2.50 bits per heavy atom. The van der Waals surface area contributed by atoms with Crippen LogP contribution in [0.1, 0.15) is 34.7 Å². The largest absolute Gasteiger partial charge is 0.385 e. The van der Waals surface area contributed by atoms with Crippen molar-refractivity contribution >= 4 is 0 Å². The second-order valence-electron chi connectivity index (χ2n) is 5.56. The smallest absolute Gasteiger partial charge is 0.0991 e. The first-order valence-electron chi connectivity index (χ1n) is 6.71. The summed E-state index contributed by atoms with van der Waals surface area (Å²) < 4.78 is 0. The molecule has 0 aliphatic heterocycles. The molecule has 0 saturated carbocycles. The highest BCUT2D eigenvalue weighted by Gasteiger charge is 2.24. The molecule has 102 valence electrons. The number of hydrogen-bond acceptors (Lipinski definition) is 2. The third kappa shape index (κ3) is 3.07. The van der Waals surface area contributed by atoms with E-state index in [2.05, 4.69) is 32.0 Å². The van der Waals surface area contributed by atoms with Gasteiger partial charge in [0.15, 0.2) is 0 Å². The Balaban J connectivity index is 2.30. The maximum absolute atomic E-state index is 10.7. The van der Waals surface area contributed by atoms with Gasteiger partial charge in [-0.05, 0) is 55.2 Å². The van der Waals surface area contributed by atoms with Crippen molar-refractivity contribution in [3.63, 3.8) is 0 Å². The fourth-order valence-electron chi connectivity index (χ4n) is 2.34. The summed E-state index contributed by atoms with van der Waals surface area (Å²) in [6.07, 6.45) is 0.531. The molecule has 2 aromatic rings. The van der Waals surface area contributed by atoms with Gasteiger partial charge in [0.2, 0.25) is 0 Å². The number of benzene rings is 2. The van der Waals surface area contributed by atoms with Crippen LogP contribution >= 0.6 is 0 Å². The molecule has 0 fully saturated rings. The molecule has 0 radical (unpaired) electrons. The van der Waals surface area contributed by atoms with E-state index in [0.29, 0.717) is 12.0 Å². The minimum absolute atomic E-state index is 0.531. The van der Waals surface area contributed by atoms with Crippen LogP contribution in [0.4, 0.5) is 0 Å². The van der Waals surface area contributed by atoms with E-state index in [-0.39, 0.29) is 0 Å². The normalized spacial score (nSPS) is 13.6. The maximum atomic E-state index is 10.7. The van der Waals surface area contributed by atoms with E-state index < -0.39 is 5.60 Å². The first-order valence-corrected chi connectivity index (χ1v) is 6.71. The van der Waals surface area contributed by atoms with Gasteiger partial charge in [0, 0.05) is 6.42 Å². The Hall–Kier alpha value is -2.11. The molecule has 1 N–H and O–H groups in total. The van der Waals surface area contributed by atoms with Crippen molar-refractivity contribution in [1.29, 1.82) is 5.26 Å². The van der Waals surface area contributed by atoms with Crippen molar-refractivity contribution in [1.82, 2.24) is 0 Å². The van der Waals surface area contributed by atoms with E-state index in [1.807, 2.05) is 18.2 Å². The van der Waals surface area contributed by atoms with Crippen molar-refractivity contribution in [3.8, 4) is 6.07 Å². The van der Waals surface area contributed by atoms with Crippen LogP contribution in [-0.2, 0) is 12.0 Å². The Morgan fingerprint density at radius 2 is 1.85 bits per heavy atom. The number of nitrogens with zero attached hydrogens (tertiary/aromatic N) is 1. The molecule has 0 heterocycles. The van der Waals surface area contributed by atoms with Gasteiger partial charge in [-0.3, -0.25) is 0 Å². The summed E-state index contributed by atoms with van der Waals surface area (Å²) in [6.45, 7) is 5.94. The Bertz CT molecular complexity index is 665. The number of aryl methyl sites for hydroxylation is 2. The quantitative estimate of drug-likeness (QED) is 0.921. The van der Waals surface area contributed by atoms with Gasteiger partial charge in [0.05, 0.1) is 17.2 Å². The van der Waals surface area contributed by atoms with Crippen molar-refractivity contribution in [3.05, 3.63) is 70.3 Å². The van der Waals surface area contributed by atoms with Crippen LogP contribution in [0.3, 0.4) is 0 Å². The standard InChI is InChI=1S/C18H19NO/c1-13-7-8-15(9-14(13)2)11-18(3,20)17-6-4-5-16(10-17)12-19/h4-10,20H,11H2,1-3H3. The highest BCUT2D eigenvalue weighted by Crippen LogP contribution is 2.26. The highest BCUT2D eigenvalue weighted by atomic mass is 16.3. The van der Waals surface area contributed by atoms with E-state index in [0.717, 1.165) is 11.1 Å². The monoisotopic (exact) mass is 265 g/mol. The molecule has 0 bridgehead atoms. The molecule has 2 aromatic carbocycles. The second kappa shape index (κ2) is 5.48. The molecule has 0 aliphatic rings. The summed E-state index contributed by atoms with van der Waals surface area (Å²) in [5, 5.41) is 19.7. The third-order valence-corrected chi connectivity index (χ3v) is 3.73. The SMILES string of the molecule is Cc1ccc(CC(C)(O)c2cccc(C#N)c2)cc1C. The number of nitriles is 1. The lowest BCUT2D eigenvalue weighted by Crippen LogP contribution is -2.24. The molecule has 0 aliphatic carbocycles. The minimum Gasteiger partial charge on any atom is -0.385 e. The van der Waals surface area contributed by atoms with E-state index in [4.69, 9.17) is 5.26 Å². The summed E-state index contributed by atoms with van der Waals surface area (Å²) in [5.41, 5.74) is 3.94. The summed E-state index contributed by atoms with van der Waals surface area (Å²) in [7, 11) is 0.